The van der Waals surface area contributed by atoms with Gasteiger partial charge in [-0.3, -0.25) is 4.79 Å². The number of carbonyl (C=O) groups is 1. The molecule has 2 N–H and O–H groups in total. The van der Waals surface area contributed by atoms with Crippen LogP contribution < -0.4 is 5.32 Å². The molecular weight excluding hydrogens is 334 g/mol. The summed E-state index contributed by atoms with van der Waals surface area (Å²) < 4.78 is 0. The number of hydrogen-bond donors (Lipinski definition) is 2. The van der Waals surface area contributed by atoms with Crippen molar-refractivity contribution in [2.24, 2.45) is 0 Å². The SMILES string of the molecule is C[C@H](Sc1ncnc2nc[nH]c12)C(=O)NCc1cccc(Cl)c1. The van der Waals surface area contributed by atoms with Gasteiger partial charge in [-0.05, 0) is 24.6 Å². The molecule has 0 aliphatic rings. The van der Waals surface area contributed by atoms with E-state index >= 15 is 0 Å². The fraction of sp³-hybridized carbons (Fsp3) is 0.200. The number of amides is 1. The minimum Gasteiger partial charge on any atom is -0.351 e. The fourth-order valence-electron chi connectivity index (χ4n) is 2.03. The van der Waals surface area contributed by atoms with Crippen LogP contribution in [0, 0.1) is 0 Å². The van der Waals surface area contributed by atoms with Crippen molar-refractivity contribution in [1.82, 2.24) is 25.3 Å². The number of nitrogens with zero attached hydrogens (tertiary/aromatic N) is 3. The highest BCUT2D eigenvalue weighted by atomic mass is 35.5. The number of thioether (sulfide) groups is 1. The lowest BCUT2D eigenvalue weighted by Crippen LogP contribution is -2.30. The molecule has 118 valence electrons. The van der Waals surface area contributed by atoms with Gasteiger partial charge in [0.1, 0.15) is 16.9 Å². The van der Waals surface area contributed by atoms with E-state index in [4.69, 9.17) is 11.6 Å². The summed E-state index contributed by atoms with van der Waals surface area (Å²) in [5, 5.41) is 3.97. The summed E-state index contributed by atoms with van der Waals surface area (Å²) >= 11 is 7.30. The van der Waals surface area contributed by atoms with Gasteiger partial charge in [0.05, 0.1) is 11.6 Å². The summed E-state index contributed by atoms with van der Waals surface area (Å²) in [6, 6.07) is 7.41. The third-order valence-corrected chi connectivity index (χ3v) is 4.54. The number of H-pyrrole nitrogens is 1. The molecule has 0 unspecified atom stereocenters. The highest BCUT2D eigenvalue weighted by Gasteiger charge is 2.17. The lowest BCUT2D eigenvalue weighted by atomic mass is 10.2. The van der Waals surface area contributed by atoms with E-state index < -0.39 is 0 Å². The Balaban J connectivity index is 1.62. The van der Waals surface area contributed by atoms with Gasteiger partial charge in [0.2, 0.25) is 5.91 Å². The van der Waals surface area contributed by atoms with Crippen LogP contribution in [0.3, 0.4) is 0 Å². The van der Waals surface area contributed by atoms with Gasteiger partial charge in [-0.2, -0.15) is 0 Å². The van der Waals surface area contributed by atoms with Crippen LogP contribution in [0.5, 0.6) is 0 Å². The minimum atomic E-state index is -0.296. The molecular formula is C15H14ClN5OS. The minimum absolute atomic E-state index is 0.0683. The molecule has 0 bridgehead atoms. The molecule has 2 heterocycles. The molecule has 1 atom stereocenters. The Morgan fingerprint density at radius 1 is 1.39 bits per heavy atom. The van der Waals surface area contributed by atoms with Gasteiger partial charge in [-0.1, -0.05) is 35.5 Å². The van der Waals surface area contributed by atoms with Crippen LogP contribution in [0.15, 0.2) is 41.9 Å². The number of nitrogens with one attached hydrogen (secondary N) is 2. The zero-order valence-corrected chi connectivity index (χ0v) is 13.9. The van der Waals surface area contributed by atoms with Crippen LogP contribution in [-0.4, -0.2) is 31.1 Å². The van der Waals surface area contributed by atoms with E-state index in [0.29, 0.717) is 22.2 Å². The lowest BCUT2D eigenvalue weighted by Gasteiger charge is -2.12. The Kier molecular flexibility index (Phi) is 4.78. The summed E-state index contributed by atoms with van der Waals surface area (Å²) in [4.78, 5) is 27.6. The highest BCUT2D eigenvalue weighted by Crippen LogP contribution is 2.26. The molecule has 3 aromatic rings. The van der Waals surface area contributed by atoms with Crippen molar-refractivity contribution in [2.75, 3.05) is 0 Å². The maximum Gasteiger partial charge on any atom is 0.233 e. The van der Waals surface area contributed by atoms with E-state index in [0.717, 1.165) is 11.1 Å². The second-order valence-electron chi connectivity index (χ2n) is 4.89. The smallest absolute Gasteiger partial charge is 0.233 e. The number of fused-ring (bicyclic) bond motifs is 1. The average Bonchev–Trinajstić information content (AvgIpc) is 3.02. The molecule has 23 heavy (non-hydrogen) atoms. The van der Waals surface area contributed by atoms with Crippen LogP contribution in [0.25, 0.3) is 11.2 Å². The first kappa shape index (κ1) is 15.8. The fourth-order valence-corrected chi connectivity index (χ4v) is 3.15. The maximum absolute atomic E-state index is 12.2. The molecule has 0 aliphatic carbocycles. The van der Waals surface area contributed by atoms with E-state index in [-0.39, 0.29) is 11.2 Å². The molecule has 0 spiro atoms. The van der Waals surface area contributed by atoms with Gasteiger partial charge in [-0.15, -0.1) is 0 Å². The van der Waals surface area contributed by atoms with Crippen molar-refractivity contribution >= 4 is 40.4 Å². The normalized spacial score (nSPS) is 12.3. The van der Waals surface area contributed by atoms with Crippen molar-refractivity contribution in [3.8, 4) is 0 Å². The zero-order chi connectivity index (χ0) is 16.2. The first-order valence-corrected chi connectivity index (χ1v) is 8.22. The summed E-state index contributed by atoms with van der Waals surface area (Å²) in [5.74, 6) is -0.0683. The maximum atomic E-state index is 12.2. The molecule has 1 amide bonds. The molecule has 0 fully saturated rings. The van der Waals surface area contributed by atoms with Gasteiger partial charge in [0.25, 0.3) is 0 Å². The number of benzene rings is 1. The Morgan fingerprint density at radius 3 is 3.09 bits per heavy atom. The zero-order valence-electron chi connectivity index (χ0n) is 12.3. The van der Waals surface area contributed by atoms with Crippen LogP contribution in [0.1, 0.15) is 12.5 Å². The van der Waals surface area contributed by atoms with Crippen LogP contribution in [0.4, 0.5) is 0 Å². The first-order chi connectivity index (χ1) is 11.1. The van der Waals surface area contributed by atoms with E-state index in [2.05, 4.69) is 25.3 Å². The number of aromatic amines is 1. The summed E-state index contributed by atoms with van der Waals surface area (Å²) in [6.45, 7) is 2.27. The number of aromatic nitrogens is 4. The largest absolute Gasteiger partial charge is 0.351 e. The van der Waals surface area contributed by atoms with E-state index in [1.165, 1.54) is 18.1 Å². The molecule has 6 nitrogen and oxygen atoms in total. The predicted octanol–water partition coefficient (Wildman–Crippen LogP) is 2.80. The molecule has 3 rings (SSSR count). The Labute approximate surface area is 142 Å². The van der Waals surface area contributed by atoms with Crippen LogP contribution in [-0.2, 0) is 11.3 Å². The lowest BCUT2D eigenvalue weighted by molar-refractivity contribution is -0.120. The van der Waals surface area contributed by atoms with E-state index in [1.807, 2.05) is 25.1 Å². The third-order valence-electron chi connectivity index (χ3n) is 3.20. The molecule has 2 aromatic heterocycles. The quantitative estimate of drug-likeness (QED) is 0.547. The molecule has 1 aromatic carbocycles. The number of imidazole rings is 1. The van der Waals surface area contributed by atoms with Crippen LogP contribution in [0.2, 0.25) is 5.02 Å². The monoisotopic (exact) mass is 347 g/mol. The van der Waals surface area contributed by atoms with E-state index in [9.17, 15) is 4.79 Å². The molecule has 0 saturated carbocycles. The summed E-state index contributed by atoms with van der Waals surface area (Å²) in [5.41, 5.74) is 2.29. The van der Waals surface area contributed by atoms with Crippen molar-refractivity contribution in [1.29, 1.82) is 0 Å². The predicted molar refractivity (Wildman–Crippen MR) is 90.3 cm³/mol. The topological polar surface area (TPSA) is 83.6 Å². The highest BCUT2D eigenvalue weighted by molar-refractivity contribution is 8.00. The molecule has 0 radical (unpaired) electrons. The van der Waals surface area contributed by atoms with Gasteiger partial charge >= 0.3 is 0 Å². The Bertz CT molecular complexity index is 837. The number of rotatable bonds is 5. The third kappa shape index (κ3) is 3.80. The van der Waals surface area contributed by atoms with Crippen molar-refractivity contribution in [3.63, 3.8) is 0 Å². The van der Waals surface area contributed by atoms with Crippen molar-refractivity contribution in [2.45, 2.75) is 23.7 Å². The van der Waals surface area contributed by atoms with Crippen molar-refractivity contribution < 1.29 is 4.79 Å². The summed E-state index contributed by atoms with van der Waals surface area (Å²) in [6.07, 6.45) is 3.01. The van der Waals surface area contributed by atoms with Gasteiger partial charge in [0.15, 0.2) is 5.65 Å². The Hall–Kier alpha value is -2.12. The first-order valence-electron chi connectivity index (χ1n) is 6.96. The van der Waals surface area contributed by atoms with E-state index in [1.54, 1.807) is 12.4 Å². The second kappa shape index (κ2) is 6.97. The second-order valence-corrected chi connectivity index (χ2v) is 6.65. The number of hydrogen-bond acceptors (Lipinski definition) is 5. The molecule has 0 saturated heterocycles. The van der Waals surface area contributed by atoms with Crippen LogP contribution >= 0.6 is 23.4 Å². The van der Waals surface area contributed by atoms with Crippen molar-refractivity contribution in [3.05, 3.63) is 47.5 Å². The number of carbonyl (C=O) groups excluding carboxylic acids is 1. The molecule has 8 heteroatoms. The average molecular weight is 348 g/mol. The number of halogens is 1. The van der Waals surface area contributed by atoms with Gasteiger partial charge < -0.3 is 10.3 Å². The van der Waals surface area contributed by atoms with Gasteiger partial charge in [0, 0.05) is 11.6 Å². The van der Waals surface area contributed by atoms with Gasteiger partial charge in [-0.25, -0.2) is 15.0 Å². The Morgan fingerprint density at radius 2 is 2.26 bits per heavy atom. The summed E-state index contributed by atoms with van der Waals surface area (Å²) in [7, 11) is 0. The molecule has 0 aliphatic heterocycles. The standard InChI is InChI=1S/C15H14ClN5OS/c1-9(14(22)17-6-10-3-2-4-11(16)5-10)23-15-12-13(19-7-18-12)20-8-21-15/h2-5,7-9H,6H2,1H3,(H,17,22)(H,18,19,20,21)/t9-/m0/s1.